The molecule has 4 rings (SSSR count). The Labute approximate surface area is 169 Å². The van der Waals surface area contributed by atoms with Gasteiger partial charge < -0.3 is 4.90 Å². The highest BCUT2D eigenvalue weighted by atomic mass is 19.4. The van der Waals surface area contributed by atoms with E-state index in [1.807, 2.05) is 0 Å². The van der Waals surface area contributed by atoms with E-state index >= 15 is 0 Å². The monoisotopic (exact) mass is 402 g/mol. The zero-order chi connectivity index (χ0) is 20.4. The van der Waals surface area contributed by atoms with Gasteiger partial charge in [0.2, 0.25) is 0 Å². The minimum atomic E-state index is -4.43. The van der Waals surface area contributed by atoms with Gasteiger partial charge in [0.25, 0.3) is 5.91 Å². The highest BCUT2D eigenvalue weighted by Gasteiger charge is 2.32. The summed E-state index contributed by atoms with van der Waals surface area (Å²) in [6.45, 7) is 4.24. The van der Waals surface area contributed by atoms with Gasteiger partial charge >= 0.3 is 6.18 Å². The van der Waals surface area contributed by atoms with Crippen LogP contribution in [0.15, 0.2) is 48.5 Å². The lowest BCUT2D eigenvalue weighted by atomic mass is 9.93. The smallest absolute Gasteiger partial charge is 0.339 e. The first-order chi connectivity index (χ1) is 13.9. The van der Waals surface area contributed by atoms with Crippen molar-refractivity contribution in [2.45, 2.75) is 32.0 Å². The summed E-state index contributed by atoms with van der Waals surface area (Å²) in [4.78, 5) is 16.8. The van der Waals surface area contributed by atoms with Crippen molar-refractivity contribution in [1.82, 2.24) is 9.80 Å². The van der Waals surface area contributed by atoms with Crippen molar-refractivity contribution < 1.29 is 18.0 Å². The molecule has 29 heavy (non-hydrogen) atoms. The summed E-state index contributed by atoms with van der Waals surface area (Å²) in [5.41, 5.74) is 2.18. The van der Waals surface area contributed by atoms with E-state index in [1.54, 1.807) is 4.90 Å². The number of rotatable bonds is 3. The molecule has 6 heteroatoms. The molecule has 154 valence electrons. The largest absolute Gasteiger partial charge is 0.416 e. The number of piperidine rings is 1. The zero-order valence-electron chi connectivity index (χ0n) is 16.3. The number of carbonyl (C=O) groups excluding carboxylic acids is 1. The quantitative estimate of drug-likeness (QED) is 0.748. The van der Waals surface area contributed by atoms with E-state index in [2.05, 4.69) is 29.2 Å². The molecule has 0 unspecified atom stereocenters. The maximum Gasteiger partial charge on any atom is 0.416 e. The number of likely N-dealkylation sites (tertiary alicyclic amines) is 1. The van der Waals surface area contributed by atoms with Crippen LogP contribution >= 0.6 is 0 Å². The summed E-state index contributed by atoms with van der Waals surface area (Å²) < 4.78 is 38.7. The van der Waals surface area contributed by atoms with Crippen LogP contribution in [0.1, 0.15) is 39.9 Å². The summed E-state index contributed by atoms with van der Waals surface area (Å²) >= 11 is 0. The van der Waals surface area contributed by atoms with Crippen molar-refractivity contribution in [3.63, 3.8) is 0 Å². The van der Waals surface area contributed by atoms with Crippen molar-refractivity contribution in [3.05, 3.63) is 70.8 Å². The van der Waals surface area contributed by atoms with Crippen LogP contribution in [0.2, 0.25) is 0 Å². The standard InChI is InChI=1S/C23H25F3N2O/c24-23(25,26)21-7-3-6-19(14-21)22(29)28-12-8-17(9-13-28)15-27-11-10-18-4-1-2-5-20(18)16-27/h1-7,14,17H,8-13,15-16H2. The first-order valence-corrected chi connectivity index (χ1v) is 10.2. The molecule has 2 heterocycles. The molecule has 1 saturated heterocycles. The molecule has 1 amide bonds. The van der Waals surface area contributed by atoms with Gasteiger partial charge in [-0.3, -0.25) is 9.69 Å². The van der Waals surface area contributed by atoms with Gasteiger partial charge in [-0.1, -0.05) is 30.3 Å². The fraction of sp³-hybridized carbons (Fsp3) is 0.435. The van der Waals surface area contributed by atoms with Crippen molar-refractivity contribution in [3.8, 4) is 0 Å². The number of hydrogen-bond acceptors (Lipinski definition) is 2. The summed E-state index contributed by atoms with van der Waals surface area (Å²) in [5, 5.41) is 0. The van der Waals surface area contributed by atoms with E-state index in [0.717, 1.165) is 51.0 Å². The summed E-state index contributed by atoms with van der Waals surface area (Å²) in [5.74, 6) is 0.215. The van der Waals surface area contributed by atoms with Crippen LogP contribution in [-0.2, 0) is 19.1 Å². The Morgan fingerprint density at radius 3 is 2.41 bits per heavy atom. The Bertz CT molecular complexity index is 872. The minimum Gasteiger partial charge on any atom is -0.339 e. The fourth-order valence-corrected chi connectivity index (χ4v) is 4.40. The first kappa shape index (κ1) is 20.0. The second kappa shape index (κ2) is 8.19. The van der Waals surface area contributed by atoms with Gasteiger partial charge in [0.05, 0.1) is 5.56 Å². The molecule has 0 radical (unpaired) electrons. The van der Waals surface area contributed by atoms with E-state index in [9.17, 15) is 18.0 Å². The molecule has 0 saturated carbocycles. The van der Waals surface area contributed by atoms with Gasteiger partial charge in [-0.05, 0) is 54.5 Å². The molecule has 2 aromatic carbocycles. The normalized spacial score (nSPS) is 18.5. The molecule has 3 nitrogen and oxygen atoms in total. The summed E-state index contributed by atoms with van der Waals surface area (Å²) in [6.07, 6.45) is -1.58. The second-order valence-corrected chi connectivity index (χ2v) is 8.07. The maximum absolute atomic E-state index is 12.9. The van der Waals surface area contributed by atoms with Crippen LogP contribution in [0.25, 0.3) is 0 Å². The first-order valence-electron chi connectivity index (χ1n) is 10.2. The molecule has 1 fully saturated rings. The van der Waals surface area contributed by atoms with Crippen LogP contribution in [0.3, 0.4) is 0 Å². The van der Waals surface area contributed by atoms with Gasteiger partial charge in [-0.15, -0.1) is 0 Å². The van der Waals surface area contributed by atoms with Crippen LogP contribution in [0.4, 0.5) is 13.2 Å². The van der Waals surface area contributed by atoms with Gasteiger partial charge in [-0.2, -0.15) is 13.2 Å². The lowest BCUT2D eigenvalue weighted by Gasteiger charge is -2.36. The van der Waals surface area contributed by atoms with Gasteiger partial charge in [0, 0.05) is 38.3 Å². The van der Waals surface area contributed by atoms with Crippen LogP contribution in [0, 0.1) is 5.92 Å². The van der Waals surface area contributed by atoms with Crippen LogP contribution in [0.5, 0.6) is 0 Å². The molecular formula is C23H25F3N2O. The van der Waals surface area contributed by atoms with E-state index in [4.69, 9.17) is 0 Å². The summed E-state index contributed by atoms with van der Waals surface area (Å²) in [7, 11) is 0. The Morgan fingerprint density at radius 1 is 0.966 bits per heavy atom. The number of amides is 1. The number of carbonyl (C=O) groups is 1. The third-order valence-electron chi connectivity index (χ3n) is 6.06. The Hall–Kier alpha value is -2.34. The van der Waals surface area contributed by atoms with E-state index in [0.29, 0.717) is 19.0 Å². The van der Waals surface area contributed by atoms with E-state index < -0.39 is 11.7 Å². The topological polar surface area (TPSA) is 23.6 Å². The number of hydrogen-bond donors (Lipinski definition) is 0. The van der Waals surface area contributed by atoms with Gasteiger partial charge in [0.15, 0.2) is 0 Å². The second-order valence-electron chi connectivity index (χ2n) is 8.07. The number of halogens is 3. The molecule has 0 bridgehead atoms. The highest BCUT2D eigenvalue weighted by Crippen LogP contribution is 2.30. The van der Waals surface area contributed by atoms with Gasteiger partial charge in [0.1, 0.15) is 0 Å². The number of benzene rings is 2. The average Bonchev–Trinajstić information content (AvgIpc) is 2.73. The molecule has 0 aromatic heterocycles. The Balaban J connectivity index is 1.31. The average molecular weight is 402 g/mol. The number of alkyl halides is 3. The minimum absolute atomic E-state index is 0.117. The van der Waals surface area contributed by atoms with Crippen molar-refractivity contribution in [1.29, 1.82) is 0 Å². The molecular weight excluding hydrogens is 377 g/mol. The van der Waals surface area contributed by atoms with Crippen molar-refractivity contribution in [2.75, 3.05) is 26.2 Å². The van der Waals surface area contributed by atoms with Crippen molar-refractivity contribution in [2.24, 2.45) is 5.92 Å². The predicted molar refractivity (Wildman–Crippen MR) is 105 cm³/mol. The van der Waals surface area contributed by atoms with Gasteiger partial charge in [-0.25, -0.2) is 0 Å². The maximum atomic E-state index is 12.9. The third kappa shape index (κ3) is 4.64. The SMILES string of the molecule is O=C(c1cccc(C(F)(F)F)c1)N1CCC(CN2CCc3ccccc3C2)CC1. The Morgan fingerprint density at radius 2 is 1.69 bits per heavy atom. The fourth-order valence-electron chi connectivity index (χ4n) is 4.40. The van der Waals surface area contributed by atoms with Crippen LogP contribution < -0.4 is 0 Å². The Kier molecular flexibility index (Phi) is 5.63. The highest BCUT2D eigenvalue weighted by molar-refractivity contribution is 5.94. The number of nitrogens with zero attached hydrogens (tertiary/aromatic N) is 2. The molecule has 2 aromatic rings. The van der Waals surface area contributed by atoms with Crippen LogP contribution in [-0.4, -0.2) is 41.9 Å². The molecule has 0 N–H and O–H groups in total. The number of fused-ring (bicyclic) bond motifs is 1. The molecule has 2 aliphatic heterocycles. The zero-order valence-corrected chi connectivity index (χ0v) is 16.3. The third-order valence-corrected chi connectivity index (χ3v) is 6.06. The molecule has 0 atom stereocenters. The van der Waals surface area contributed by atoms with E-state index in [-0.39, 0.29) is 11.5 Å². The molecule has 0 aliphatic carbocycles. The lowest BCUT2D eigenvalue weighted by molar-refractivity contribution is -0.137. The van der Waals surface area contributed by atoms with Crippen molar-refractivity contribution >= 4 is 5.91 Å². The van der Waals surface area contributed by atoms with E-state index in [1.165, 1.54) is 23.3 Å². The molecule has 2 aliphatic rings. The summed E-state index contributed by atoms with van der Waals surface area (Å²) in [6, 6.07) is 13.3. The molecule has 0 spiro atoms. The predicted octanol–water partition coefficient (Wildman–Crippen LogP) is 4.62. The lowest BCUT2D eigenvalue weighted by Crippen LogP contribution is -2.42.